The first-order valence-electron chi connectivity index (χ1n) is 7.20. The zero-order valence-corrected chi connectivity index (χ0v) is 12.5. The van der Waals surface area contributed by atoms with Gasteiger partial charge in [-0.05, 0) is 61.7 Å². The molecule has 0 atom stereocenters. The molecule has 1 aromatic heterocycles. The molecule has 2 nitrogen and oxygen atoms in total. The lowest BCUT2D eigenvalue weighted by Crippen LogP contribution is -2.42. The molecule has 0 unspecified atom stereocenters. The van der Waals surface area contributed by atoms with Crippen LogP contribution in [0, 0.1) is 0 Å². The Morgan fingerprint density at radius 3 is 2.74 bits per heavy atom. The zero-order chi connectivity index (χ0) is 13.2. The van der Waals surface area contributed by atoms with Gasteiger partial charge in [0.15, 0.2) is 0 Å². The van der Waals surface area contributed by atoms with Gasteiger partial charge in [0.25, 0.3) is 0 Å². The smallest absolute Gasteiger partial charge is 0.0349 e. The van der Waals surface area contributed by atoms with Crippen LogP contribution in [0.15, 0.2) is 29.6 Å². The highest BCUT2D eigenvalue weighted by Crippen LogP contribution is 2.25. The van der Waals surface area contributed by atoms with Crippen molar-refractivity contribution in [1.82, 2.24) is 4.90 Å². The molecule has 2 aromatic rings. The van der Waals surface area contributed by atoms with Crippen LogP contribution >= 0.6 is 11.3 Å². The SMILES string of the molecule is CC(C)N1CCC(Nc2ccc3sccc3c2)CC1. The van der Waals surface area contributed by atoms with Gasteiger partial charge in [-0.1, -0.05) is 0 Å². The minimum atomic E-state index is 0.631. The predicted octanol–water partition coefficient (Wildman–Crippen LogP) is 4.19. The first-order valence-corrected chi connectivity index (χ1v) is 8.08. The van der Waals surface area contributed by atoms with Crippen molar-refractivity contribution in [2.75, 3.05) is 18.4 Å². The maximum Gasteiger partial charge on any atom is 0.0349 e. The minimum Gasteiger partial charge on any atom is -0.382 e. The van der Waals surface area contributed by atoms with Crippen LogP contribution in [0.1, 0.15) is 26.7 Å². The maximum absolute atomic E-state index is 3.70. The fraction of sp³-hybridized carbons (Fsp3) is 0.500. The van der Waals surface area contributed by atoms with E-state index in [0.29, 0.717) is 12.1 Å². The van der Waals surface area contributed by atoms with Gasteiger partial charge in [0.05, 0.1) is 0 Å². The van der Waals surface area contributed by atoms with Crippen molar-refractivity contribution in [1.29, 1.82) is 0 Å². The molecule has 0 saturated carbocycles. The molecule has 1 aliphatic rings. The number of thiophene rings is 1. The lowest BCUT2D eigenvalue weighted by molar-refractivity contribution is 0.177. The van der Waals surface area contributed by atoms with Crippen molar-refractivity contribution in [2.45, 2.75) is 38.8 Å². The highest BCUT2D eigenvalue weighted by atomic mass is 32.1. The fourth-order valence-corrected chi connectivity index (χ4v) is 3.62. The Hall–Kier alpha value is -1.06. The average Bonchev–Trinajstić information content (AvgIpc) is 2.87. The second kappa shape index (κ2) is 5.51. The molecule has 1 aliphatic heterocycles. The summed E-state index contributed by atoms with van der Waals surface area (Å²) < 4.78 is 1.38. The molecule has 3 rings (SSSR count). The molecule has 1 aromatic carbocycles. The minimum absolute atomic E-state index is 0.631. The van der Waals surface area contributed by atoms with Crippen LogP contribution in [0.25, 0.3) is 10.1 Å². The van der Waals surface area contributed by atoms with Gasteiger partial charge >= 0.3 is 0 Å². The van der Waals surface area contributed by atoms with E-state index in [1.54, 1.807) is 0 Å². The van der Waals surface area contributed by atoms with Crippen molar-refractivity contribution < 1.29 is 0 Å². The van der Waals surface area contributed by atoms with E-state index in [0.717, 1.165) is 0 Å². The number of hydrogen-bond donors (Lipinski definition) is 1. The third-order valence-corrected chi connectivity index (χ3v) is 4.98. The van der Waals surface area contributed by atoms with Gasteiger partial charge in [-0.15, -0.1) is 11.3 Å². The topological polar surface area (TPSA) is 15.3 Å². The quantitative estimate of drug-likeness (QED) is 0.903. The molecular weight excluding hydrogens is 252 g/mol. The van der Waals surface area contributed by atoms with Crippen LogP contribution in [0.4, 0.5) is 5.69 Å². The van der Waals surface area contributed by atoms with Crippen molar-refractivity contribution in [3.05, 3.63) is 29.6 Å². The number of nitrogens with zero attached hydrogens (tertiary/aromatic N) is 1. The molecule has 0 aliphatic carbocycles. The Balaban J connectivity index is 1.62. The molecule has 1 saturated heterocycles. The summed E-state index contributed by atoms with van der Waals surface area (Å²) >= 11 is 1.81. The molecule has 3 heteroatoms. The van der Waals surface area contributed by atoms with E-state index < -0.39 is 0 Å². The van der Waals surface area contributed by atoms with Crippen molar-refractivity contribution in [2.24, 2.45) is 0 Å². The van der Waals surface area contributed by atoms with Gasteiger partial charge in [-0.3, -0.25) is 0 Å². The second-order valence-corrected chi connectivity index (χ2v) is 6.67. The molecule has 102 valence electrons. The summed E-state index contributed by atoms with van der Waals surface area (Å²) in [5, 5.41) is 7.22. The van der Waals surface area contributed by atoms with Gasteiger partial charge in [-0.2, -0.15) is 0 Å². The third kappa shape index (κ3) is 2.93. The summed E-state index contributed by atoms with van der Waals surface area (Å²) in [6, 6.07) is 10.2. The van der Waals surface area contributed by atoms with E-state index >= 15 is 0 Å². The number of benzene rings is 1. The number of likely N-dealkylation sites (tertiary alicyclic amines) is 1. The third-order valence-electron chi connectivity index (χ3n) is 4.08. The first-order chi connectivity index (χ1) is 9.22. The molecule has 2 heterocycles. The Morgan fingerprint density at radius 2 is 2.00 bits per heavy atom. The van der Waals surface area contributed by atoms with Gasteiger partial charge in [-0.25, -0.2) is 0 Å². The van der Waals surface area contributed by atoms with Gasteiger partial charge in [0, 0.05) is 35.6 Å². The number of hydrogen-bond acceptors (Lipinski definition) is 3. The van der Waals surface area contributed by atoms with Crippen LogP contribution in [-0.4, -0.2) is 30.1 Å². The van der Waals surface area contributed by atoms with Crippen LogP contribution in [0.3, 0.4) is 0 Å². The molecule has 0 radical (unpaired) electrons. The predicted molar refractivity (Wildman–Crippen MR) is 85.2 cm³/mol. The Kier molecular flexibility index (Phi) is 3.76. The number of anilines is 1. The van der Waals surface area contributed by atoms with Gasteiger partial charge < -0.3 is 10.2 Å². The summed E-state index contributed by atoms with van der Waals surface area (Å²) in [6.07, 6.45) is 2.50. The van der Waals surface area contributed by atoms with Crippen LogP contribution in [-0.2, 0) is 0 Å². The molecule has 0 spiro atoms. The number of piperidine rings is 1. The summed E-state index contributed by atoms with van der Waals surface area (Å²) in [5.41, 5.74) is 1.27. The summed E-state index contributed by atoms with van der Waals surface area (Å²) in [6.45, 7) is 7.02. The van der Waals surface area contributed by atoms with Crippen molar-refractivity contribution in [3.8, 4) is 0 Å². The summed E-state index contributed by atoms with van der Waals surface area (Å²) in [5.74, 6) is 0. The van der Waals surface area contributed by atoms with Crippen LogP contribution in [0.2, 0.25) is 0 Å². The largest absolute Gasteiger partial charge is 0.382 e. The zero-order valence-electron chi connectivity index (χ0n) is 11.7. The van der Waals surface area contributed by atoms with E-state index in [1.165, 1.54) is 41.7 Å². The monoisotopic (exact) mass is 274 g/mol. The lowest BCUT2D eigenvalue weighted by atomic mass is 10.0. The summed E-state index contributed by atoms with van der Waals surface area (Å²) in [7, 11) is 0. The number of nitrogens with one attached hydrogen (secondary N) is 1. The van der Waals surface area contributed by atoms with Crippen molar-refractivity contribution in [3.63, 3.8) is 0 Å². The Morgan fingerprint density at radius 1 is 1.21 bits per heavy atom. The van der Waals surface area contributed by atoms with Crippen LogP contribution < -0.4 is 5.32 Å². The number of rotatable bonds is 3. The standard InChI is InChI=1S/C16H22N2S/c1-12(2)18-8-5-14(6-9-18)17-15-3-4-16-13(11-15)7-10-19-16/h3-4,7,10-12,14,17H,5-6,8-9H2,1-2H3. The van der Waals surface area contributed by atoms with E-state index in [4.69, 9.17) is 0 Å². The first kappa shape index (κ1) is 12.9. The van der Waals surface area contributed by atoms with E-state index in [1.807, 2.05) is 11.3 Å². The van der Waals surface area contributed by atoms with Gasteiger partial charge in [0.1, 0.15) is 0 Å². The van der Waals surface area contributed by atoms with E-state index in [9.17, 15) is 0 Å². The normalized spacial score (nSPS) is 18.3. The average molecular weight is 274 g/mol. The molecule has 0 amide bonds. The fourth-order valence-electron chi connectivity index (χ4n) is 2.85. The van der Waals surface area contributed by atoms with E-state index in [-0.39, 0.29) is 0 Å². The molecule has 1 N–H and O–H groups in total. The molecule has 1 fully saturated rings. The molecule has 0 bridgehead atoms. The lowest BCUT2D eigenvalue weighted by Gasteiger charge is -2.35. The Labute approximate surface area is 119 Å². The highest BCUT2D eigenvalue weighted by Gasteiger charge is 2.20. The summed E-state index contributed by atoms with van der Waals surface area (Å²) in [4.78, 5) is 2.57. The second-order valence-electron chi connectivity index (χ2n) is 5.72. The highest BCUT2D eigenvalue weighted by molar-refractivity contribution is 7.17. The maximum atomic E-state index is 3.70. The van der Waals surface area contributed by atoms with E-state index in [2.05, 4.69) is 53.7 Å². The molecule has 19 heavy (non-hydrogen) atoms. The molecular formula is C16H22N2S. The van der Waals surface area contributed by atoms with Gasteiger partial charge in [0.2, 0.25) is 0 Å². The van der Waals surface area contributed by atoms with Crippen molar-refractivity contribution >= 4 is 27.1 Å². The number of fused-ring (bicyclic) bond motifs is 1. The van der Waals surface area contributed by atoms with Crippen LogP contribution in [0.5, 0.6) is 0 Å². The Bertz CT molecular complexity index is 538.